The molecular formula is C15H27N3S. The maximum atomic E-state index is 4.46. The highest BCUT2D eigenvalue weighted by Gasteiger charge is 2.35. The van der Waals surface area contributed by atoms with Gasteiger partial charge in [0.2, 0.25) is 0 Å². The summed E-state index contributed by atoms with van der Waals surface area (Å²) in [6, 6.07) is 0. The van der Waals surface area contributed by atoms with E-state index in [-0.39, 0.29) is 5.54 Å². The molecule has 0 aliphatic heterocycles. The summed E-state index contributed by atoms with van der Waals surface area (Å²) < 4.78 is 0. The Balaban J connectivity index is 2.04. The molecule has 0 spiro atoms. The van der Waals surface area contributed by atoms with Crippen LogP contribution in [0.25, 0.3) is 0 Å². The van der Waals surface area contributed by atoms with Gasteiger partial charge >= 0.3 is 0 Å². The molecule has 0 saturated heterocycles. The van der Waals surface area contributed by atoms with Crippen LogP contribution in [0, 0.1) is 5.41 Å². The van der Waals surface area contributed by atoms with Crippen molar-refractivity contribution in [2.24, 2.45) is 5.41 Å². The average Bonchev–Trinajstić information content (AvgIpc) is 2.73. The fraction of sp³-hybridized carbons (Fsp3) is 0.867. The minimum Gasteiger partial charge on any atom is -0.306 e. The highest BCUT2D eigenvalue weighted by molar-refractivity contribution is 7.11. The van der Waals surface area contributed by atoms with Gasteiger partial charge in [-0.2, -0.15) is 0 Å². The molecule has 1 N–H and O–H groups in total. The molecule has 3 nitrogen and oxygen atoms in total. The molecule has 1 aromatic rings. The Morgan fingerprint density at radius 2 is 2.00 bits per heavy atom. The van der Waals surface area contributed by atoms with Gasteiger partial charge in [-0.3, -0.25) is 0 Å². The van der Waals surface area contributed by atoms with E-state index in [1.807, 2.05) is 0 Å². The van der Waals surface area contributed by atoms with Crippen molar-refractivity contribution in [3.05, 3.63) is 10.0 Å². The summed E-state index contributed by atoms with van der Waals surface area (Å²) in [5, 5.41) is 14.7. The van der Waals surface area contributed by atoms with E-state index in [1.54, 1.807) is 11.3 Å². The predicted octanol–water partition coefficient (Wildman–Crippen LogP) is 4.11. The molecule has 108 valence electrons. The summed E-state index contributed by atoms with van der Waals surface area (Å²) in [7, 11) is 0. The van der Waals surface area contributed by atoms with Crippen LogP contribution >= 0.6 is 11.3 Å². The van der Waals surface area contributed by atoms with Gasteiger partial charge in [-0.05, 0) is 39.0 Å². The second-order valence-corrected chi connectivity index (χ2v) is 8.52. The van der Waals surface area contributed by atoms with Gasteiger partial charge < -0.3 is 5.32 Å². The first-order chi connectivity index (χ1) is 8.78. The average molecular weight is 281 g/mol. The first-order valence-electron chi connectivity index (χ1n) is 7.35. The first kappa shape index (κ1) is 14.9. The van der Waals surface area contributed by atoms with Crippen LogP contribution in [0.1, 0.15) is 76.2 Å². The number of hydrogen-bond donors (Lipinski definition) is 1. The van der Waals surface area contributed by atoms with E-state index in [0.29, 0.717) is 11.3 Å². The SMILES string of the molecule is CC(C)(C)NCc1nnc(C2CCCCC2(C)C)s1. The van der Waals surface area contributed by atoms with Crippen LogP contribution in [-0.4, -0.2) is 15.7 Å². The van der Waals surface area contributed by atoms with Gasteiger partial charge in [0.1, 0.15) is 10.0 Å². The van der Waals surface area contributed by atoms with Gasteiger partial charge in [0, 0.05) is 11.5 Å². The van der Waals surface area contributed by atoms with E-state index >= 15 is 0 Å². The third-order valence-corrected chi connectivity index (χ3v) is 5.09. The molecule has 1 aliphatic carbocycles. The molecule has 0 radical (unpaired) electrons. The zero-order valence-electron chi connectivity index (χ0n) is 12.9. The van der Waals surface area contributed by atoms with Crippen molar-refractivity contribution in [1.29, 1.82) is 0 Å². The van der Waals surface area contributed by atoms with E-state index in [0.717, 1.165) is 11.6 Å². The molecule has 1 aromatic heterocycles. The van der Waals surface area contributed by atoms with Crippen molar-refractivity contribution < 1.29 is 0 Å². The maximum absolute atomic E-state index is 4.46. The number of rotatable bonds is 3. The Kier molecular flexibility index (Phi) is 4.31. The zero-order valence-corrected chi connectivity index (χ0v) is 13.7. The lowest BCUT2D eigenvalue weighted by Gasteiger charge is -2.37. The molecule has 0 aromatic carbocycles. The van der Waals surface area contributed by atoms with E-state index < -0.39 is 0 Å². The normalized spacial score (nSPS) is 23.5. The van der Waals surface area contributed by atoms with E-state index in [9.17, 15) is 0 Å². The number of nitrogens with one attached hydrogen (secondary N) is 1. The van der Waals surface area contributed by atoms with E-state index in [2.05, 4.69) is 50.1 Å². The lowest BCUT2D eigenvalue weighted by atomic mass is 9.69. The van der Waals surface area contributed by atoms with Crippen LogP contribution in [0.5, 0.6) is 0 Å². The van der Waals surface area contributed by atoms with E-state index in [1.165, 1.54) is 30.7 Å². The number of nitrogens with zero attached hydrogens (tertiary/aromatic N) is 2. The molecular weight excluding hydrogens is 254 g/mol. The Hall–Kier alpha value is -0.480. The minimum atomic E-state index is 0.135. The van der Waals surface area contributed by atoms with Gasteiger partial charge in [0.15, 0.2) is 0 Å². The highest BCUT2D eigenvalue weighted by Crippen LogP contribution is 2.47. The smallest absolute Gasteiger partial charge is 0.131 e. The monoisotopic (exact) mass is 281 g/mol. The highest BCUT2D eigenvalue weighted by atomic mass is 32.1. The topological polar surface area (TPSA) is 37.8 Å². The predicted molar refractivity (Wildman–Crippen MR) is 81.5 cm³/mol. The van der Waals surface area contributed by atoms with Crippen LogP contribution in [0.4, 0.5) is 0 Å². The molecule has 1 saturated carbocycles. The van der Waals surface area contributed by atoms with Crippen molar-refractivity contribution in [2.45, 2.75) is 78.3 Å². The standard InChI is InChI=1S/C15H27N3S/c1-14(2,3)16-10-12-17-18-13(19-12)11-8-6-7-9-15(11,4)5/h11,16H,6-10H2,1-5H3. The molecule has 2 rings (SSSR count). The van der Waals surface area contributed by atoms with Crippen LogP contribution in [-0.2, 0) is 6.54 Å². The fourth-order valence-electron chi connectivity index (χ4n) is 2.77. The largest absolute Gasteiger partial charge is 0.306 e. The van der Waals surface area contributed by atoms with Gasteiger partial charge in [-0.15, -0.1) is 10.2 Å². The molecule has 1 aliphatic rings. The van der Waals surface area contributed by atoms with Gasteiger partial charge in [0.25, 0.3) is 0 Å². The summed E-state index contributed by atoms with van der Waals surface area (Å²) in [6.45, 7) is 12.1. The number of aromatic nitrogens is 2. The Morgan fingerprint density at radius 3 is 2.63 bits per heavy atom. The Morgan fingerprint density at radius 1 is 1.26 bits per heavy atom. The number of hydrogen-bond acceptors (Lipinski definition) is 4. The molecule has 4 heteroatoms. The van der Waals surface area contributed by atoms with Gasteiger partial charge in [0.05, 0.1) is 6.54 Å². The molecule has 0 bridgehead atoms. The second kappa shape index (κ2) is 5.49. The van der Waals surface area contributed by atoms with Gasteiger partial charge in [-0.25, -0.2) is 0 Å². The molecule has 1 atom stereocenters. The third-order valence-electron chi connectivity index (χ3n) is 4.06. The summed E-state index contributed by atoms with van der Waals surface area (Å²) in [6.07, 6.45) is 5.28. The van der Waals surface area contributed by atoms with Crippen LogP contribution in [0.15, 0.2) is 0 Å². The van der Waals surface area contributed by atoms with Crippen LogP contribution < -0.4 is 5.32 Å². The molecule has 1 unspecified atom stereocenters. The lowest BCUT2D eigenvalue weighted by Crippen LogP contribution is -2.35. The maximum Gasteiger partial charge on any atom is 0.131 e. The zero-order chi connectivity index (χ0) is 14.1. The molecule has 1 fully saturated rings. The van der Waals surface area contributed by atoms with Crippen molar-refractivity contribution in [2.75, 3.05) is 0 Å². The Labute approximate surface area is 121 Å². The minimum absolute atomic E-state index is 0.135. The lowest BCUT2D eigenvalue weighted by molar-refractivity contribution is 0.198. The van der Waals surface area contributed by atoms with Crippen LogP contribution in [0.2, 0.25) is 0 Å². The fourth-order valence-corrected chi connectivity index (χ4v) is 3.90. The summed E-state index contributed by atoms with van der Waals surface area (Å²) in [4.78, 5) is 0. The summed E-state index contributed by atoms with van der Waals surface area (Å²) in [5.74, 6) is 0.599. The van der Waals surface area contributed by atoms with Gasteiger partial charge in [-0.1, -0.05) is 38.0 Å². The van der Waals surface area contributed by atoms with Crippen LogP contribution in [0.3, 0.4) is 0 Å². The first-order valence-corrected chi connectivity index (χ1v) is 8.17. The summed E-state index contributed by atoms with van der Waals surface area (Å²) >= 11 is 1.80. The third kappa shape index (κ3) is 3.99. The quantitative estimate of drug-likeness (QED) is 0.906. The van der Waals surface area contributed by atoms with Crippen molar-refractivity contribution >= 4 is 11.3 Å². The molecule has 0 amide bonds. The van der Waals surface area contributed by atoms with E-state index in [4.69, 9.17) is 0 Å². The van der Waals surface area contributed by atoms with Crippen molar-refractivity contribution in [3.8, 4) is 0 Å². The Bertz CT molecular complexity index is 417. The summed E-state index contributed by atoms with van der Waals surface area (Å²) in [5.41, 5.74) is 0.516. The molecule has 1 heterocycles. The molecule has 19 heavy (non-hydrogen) atoms. The van der Waals surface area contributed by atoms with Crippen molar-refractivity contribution in [3.63, 3.8) is 0 Å². The second-order valence-electron chi connectivity index (χ2n) is 7.42. The van der Waals surface area contributed by atoms with Crippen molar-refractivity contribution in [1.82, 2.24) is 15.5 Å².